The summed E-state index contributed by atoms with van der Waals surface area (Å²) in [6.45, 7) is 6.54. The van der Waals surface area contributed by atoms with Crippen LogP contribution in [0.2, 0.25) is 0 Å². The smallest absolute Gasteiger partial charge is 0.0509 e. The number of ether oxygens (including phenoxy) is 1. The average molecular weight is 259 g/mol. The van der Waals surface area contributed by atoms with Gasteiger partial charge in [0.15, 0.2) is 0 Å². The van der Waals surface area contributed by atoms with E-state index in [4.69, 9.17) is 4.74 Å². The highest BCUT2D eigenvalue weighted by Gasteiger charge is 2.28. The second-order valence-corrected chi connectivity index (χ2v) is 6.24. The quantitative estimate of drug-likeness (QED) is 0.895. The van der Waals surface area contributed by atoms with Crippen molar-refractivity contribution in [2.45, 2.75) is 51.1 Å². The van der Waals surface area contributed by atoms with Crippen LogP contribution in [0.3, 0.4) is 0 Å². The molecule has 0 aromatic heterocycles. The molecule has 0 saturated carbocycles. The van der Waals surface area contributed by atoms with Crippen molar-refractivity contribution in [2.75, 3.05) is 13.2 Å². The Bertz CT molecular complexity index is 425. The summed E-state index contributed by atoms with van der Waals surface area (Å²) >= 11 is 0. The van der Waals surface area contributed by atoms with Gasteiger partial charge in [0.2, 0.25) is 0 Å². The van der Waals surface area contributed by atoms with E-state index >= 15 is 0 Å². The lowest BCUT2D eigenvalue weighted by Gasteiger charge is -2.33. The number of hydrogen-bond donors (Lipinski definition) is 1. The van der Waals surface area contributed by atoms with Crippen LogP contribution in [0.25, 0.3) is 0 Å². The van der Waals surface area contributed by atoms with Crippen LogP contribution in [0.15, 0.2) is 24.3 Å². The van der Waals surface area contributed by atoms with E-state index in [2.05, 4.69) is 43.4 Å². The highest BCUT2D eigenvalue weighted by Crippen LogP contribution is 2.37. The summed E-state index contributed by atoms with van der Waals surface area (Å²) in [5.41, 5.74) is 3.06. The molecule has 1 N–H and O–H groups in total. The Morgan fingerprint density at radius 2 is 1.95 bits per heavy atom. The van der Waals surface area contributed by atoms with Gasteiger partial charge in [-0.1, -0.05) is 31.2 Å². The molecule has 0 spiro atoms. The Morgan fingerprint density at radius 3 is 2.68 bits per heavy atom. The predicted octanol–water partition coefficient (Wildman–Crippen LogP) is 3.64. The molecule has 1 saturated heterocycles. The van der Waals surface area contributed by atoms with Gasteiger partial charge in [-0.05, 0) is 49.1 Å². The van der Waals surface area contributed by atoms with Crippen molar-refractivity contribution in [1.29, 1.82) is 0 Å². The molecule has 0 radical (unpaired) electrons. The summed E-state index contributed by atoms with van der Waals surface area (Å²) < 4.78 is 5.51. The lowest BCUT2D eigenvalue weighted by Crippen LogP contribution is -2.38. The third-order valence-electron chi connectivity index (χ3n) is 4.93. The van der Waals surface area contributed by atoms with Crippen LogP contribution in [0.4, 0.5) is 0 Å². The van der Waals surface area contributed by atoms with Crippen LogP contribution in [0, 0.1) is 5.92 Å². The van der Waals surface area contributed by atoms with Crippen molar-refractivity contribution in [2.24, 2.45) is 5.92 Å². The van der Waals surface area contributed by atoms with Crippen molar-refractivity contribution in [3.8, 4) is 0 Å². The molecule has 1 aliphatic heterocycles. The van der Waals surface area contributed by atoms with E-state index in [-0.39, 0.29) is 0 Å². The van der Waals surface area contributed by atoms with Gasteiger partial charge in [-0.15, -0.1) is 0 Å². The van der Waals surface area contributed by atoms with Crippen LogP contribution in [0.5, 0.6) is 0 Å². The molecular formula is C17H25NO. The zero-order valence-corrected chi connectivity index (χ0v) is 12.1. The maximum Gasteiger partial charge on any atom is 0.0509 e. The molecule has 1 fully saturated rings. The zero-order chi connectivity index (χ0) is 13.2. The summed E-state index contributed by atoms with van der Waals surface area (Å²) in [6, 6.07) is 10.0. The van der Waals surface area contributed by atoms with Gasteiger partial charge in [-0.25, -0.2) is 0 Å². The van der Waals surface area contributed by atoms with E-state index in [0.29, 0.717) is 23.9 Å². The maximum absolute atomic E-state index is 5.51. The van der Waals surface area contributed by atoms with Gasteiger partial charge < -0.3 is 10.1 Å². The molecule has 4 atom stereocenters. The minimum atomic E-state index is 0.531. The number of nitrogens with one attached hydrogen (secondary N) is 1. The van der Waals surface area contributed by atoms with E-state index < -0.39 is 0 Å². The fourth-order valence-electron chi connectivity index (χ4n) is 3.58. The zero-order valence-electron chi connectivity index (χ0n) is 12.1. The fraction of sp³-hybridized carbons (Fsp3) is 0.647. The SMILES string of the molecule is CC1CCC(NC(C)C2CCOC2)c2ccccc21. The van der Waals surface area contributed by atoms with Gasteiger partial charge in [-0.2, -0.15) is 0 Å². The molecule has 2 nitrogen and oxygen atoms in total. The van der Waals surface area contributed by atoms with Gasteiger partial charge in [0.05, 0.1) is 6.61 Å². The molecular weight excluding hydrogens is 234 g/mol. The second-order valence-electron chi connectivity index (χ2n) is 6.24. The first-order chi connectivity index (χ1) is 9.25. The molecule has 2 aliphatic rings. The normalized spacial score (nSPS) is 32.0. The van der Waals surface area contributed by atoms with E-state index in [1.807, 2.05) is 0 Å². The van der Waals surface area contributed by atoms with Gasteiger partial charge >= 0.3 is 0 Å². The van der Waals surface area contributed by atoms with E-state index in [1.54, 1.807) is 5.56 Å². The third kappa shape index (κ3) is 2.70. The third-order valence-corrected chi connectivity index (χ3v) is 4.93. The molecule has 4 unspecified atom stereocenters. The van der Waals surface area contributed by atoms with Gasteiger partial charge in [0, 0.05) is 18.7 Å². The lowest BCUT2D eigenvalue weighted by molar-refractivity contribution is 0.175. The summed E-state index contributed by atoms with van der Waals surface area (Å²) in [4.78, 5) is 0. The van der Waals surface area contributed by atoms with E-state index in [0.717, 1.165) is 13.2 Å². The molecule has 1 heterocycles. The minimum absolute atomic E-state index is 0.531. The number of rotatable bonds is 3. The van der Waals surface area contributed by atoms with Crippen molar-refractivity contribution >= 4 is 0 Å². The van der Waals surface area contributed by atoms with Crippen LogP contribution in [0.1, 0.15) is 56.2 Å². The number of benzene rings is 1. The van der Waals surface area contributed by atoms with Crippen LogP contribution in [-0.2, 0) is 4.74 Å². The van der Waals surface area contributed by atoms with Crippen molar-refractivity contribution in [3.05, 3.63) is 35.4 Å². The standard InChI is InChI=1S/C17H25NO/c1-12-7-8-17(16-6-4-3-5-15(12)16)18-13(2)14-9-10-19-11-14/h3-6,12-14,17-18H,7-11H2,1-2H3. The van der Waals surface area contributed by atoms with Crippen molar-refractivity contribution in [1.82, 2.24) is 5.32 Å². The Kier molecular flexibility index (Phi) is 3.90. The molecule has 0 bridgehead atoms. The highest BCUT2D eigenvalue weighted by atomic mass is 16.5. The second kappa shape index (κ2) is 5.64. The fourth-order valence-corrected chi connectivity index (χ4v) is 3.58. The molecule has 1 aliphatic carbocycles. The summed E-state index contributed by atoms with van der Waals surface area (Å²) in [7, 11) is 0. The van der Waals surface area contributed by atoms with E-state index in [9.17, 15) is 0 Å². The first-order valence-electron chi connectivity index (χ1n) is 7.68. The van der Waals surface area contributed by atoms with Gasteiger partial charge in [-0.3, -0.25) is 0 Å². The van der Waals surface area contributed by atoms with Gasteiger partial charge in [0.1, 0.15) is 0 Å². The lowest BCUT2D eigenvalue weighted by atomic mass is 9.80. The Hall–Kier alpha value is -0.860. The first kappa shape index (κ1) is 13.1. The Balaban J connectivity index is 1.73. The highest BCUT2D eigenvalue weighted by molar-refractivity contribution is 5.35. The molecule has 1 aromatic carbocycles. The van der Waals surface area contributed by atoms with E-state index in [1.165, 1.54) is 24.8 Å². The summed E-state index contributed by atoms with van der Waals surface area (Å²) in [6.07, 6.45) is 3.76. The Morgan fingerprint density at radius 1 is 1.16 bits per heavy atom. The molecule has 1 aromatic rings. The predicted molar refractivity (Wildman–Crippen MR) is 78.4 cm³/mol. The van der Waals surface area contributed by atoms with Crippen molar-refractivity contribution < 1.29 is 4.74 Å². The van der Waals surface area contributed by atoms with Gasteiger partial charge in [0.25, 0.3) is 0 Å². The van der Waals surface area contributed by atoms with Crippen LogP contribution < -0.4 is 5.32 Å². The summed E-state index contributed by atoms with van der Waals surface area (Å²) in [5.74, 6) is 1.39. The number of fused-ring (bicyclic) bond motifs is 1. The largest absolute Gasteiger partial charge is 0.381 e. The minimum Gasteiger partial charge on any atom is -0.381 e. The summed E-state index contributed by atoms with van der Waals surface area (Å²) in [5, 5.41) is 3.86. The first-order valence-corrected chi connectivity index (χ1v) is 7.68. The Labute approximate surface area is 116 Å². The molecule has 104 valence electrons. The van der Waals surface area contributed by atoms with Crippen LogP contribution in [-0.4, -0.2) is 19.3 Å². The molecule has 19 heavy (non-hydrogen) atoms. The van der Waals surface area contributed by atoms with Crippen molar-refractivity contribution in [3.63, 3.8) is 0 Å². The topological polar surface area (TPSA) is 21.3 Å². The van der Waals surface area contributed by atoms with Crippen LogP contribution >= 0.6 is 0 Å². The molecule has 2 heteroatoms. The maximum atomic E-state index is 5.51. The molecule has 0 amide bonds. The number of hydrogen-bond acceptors (Lipinski definition) is 2. The molecule has 3 rings (SSSR count). The average Bonchev–Trinajstić information content (AvgIpc) is 2.96. The monoisotopic (exact) mass is 259 g/mol.